The Labute approximate surface area is 365 Å². The highest BCUT2D eigenvalue weighted by Crippen LogP contribution is 2.35. The first-order valence-corrected chi connectivity index (χ1v) is 23.4. The normalized spacial score (nSPS) is 11.8. The highest BCUT2D eigenvalue weighted by molar-refractivity contribution is 7.19. The van der Waals surface area contributed by atoms with Gasteiger partial charge in [0, 0.05) is 38.4 Å². The molecule has 0 N–H and O–H groups in total. The molecule has 12 rings (SSSR count). The average Bonchev–Trinajstić information content (AvgIpc) is 3.89. The van der Waals surface area contributed by atoms with Gasteiger partial charge in [-0.3, -0.25) is 4.57 Å². The monoisotopic (exact) mass is 821 g/mol. The average molecular weight is 822 g/mol. The summed E-state index contributed by atoms with van der Waals surface area (Å²) in [4.78, 5) is 16.2. The predicted octanol–water partition coefficient (Wildman–Crippen LogP) is 10.8. The number of aromatic nitrogens is 5. The van der Waals surface area contributed by atoms with E-state index in [2.05, 4.69) is 246 Å². The second kappa shape index (κ2) is 15.1. The van der Waals surface area contributed by atoms with Crippen LogP contribution in [-0.2, 0) is 0 Å². The van der Waals surface area contributed by atoms with Crippen molar-refractivity contribution in [2.24, 2.45) is 0 Å². The van der Waals surface area contributed by atoms with Crippen LogP contribution in [-0.4, -0.2) is 32.2 Å². The predicted molar refractivity (Wildman–Crippen MR) is 263 cm³/mol. The van der Waals surface area contributed by atoms with Gasteiger partial charge >= 0.3 is 0 Å². The largest absolute Gasteiger partial charge is 0.309 e. The smallest absolute Gasteiger partial charge is 0.238 e. The van der Waals surface area contributed by atoms with E-state index in [0.29, 0.717) is 17.6 Å². The van der Waals surface area contributed by atoms with Crippen molar-refractivity contribution in [2.45, 2.75) is 0 Å². The number of para-hydroxylation sites is 4. The third kappa shape index (κ3) is 5.95. The standard InChI is InChI=1S/C57H39N5Si/c1-4-23-43(24-5-1)63(44-25-6-2-7-26-44,45-27-8-3-9-28-45)46-29-19-21-41(39-46)56-58-55(59-57(60-56)62-53-36-16-12-32-49(53)50-33-13-17-37-54(50)62)40-20-18-22-42(38-40)61-51-34-14-10-30-47(51)48-31-11-15-35-52(48)61/h1-39H. The highest BCUT2D eigenvalue weighted by atomic mass is 28.3. The third-order valence-corrected chi connectivity index (χ3v) is 17.3. The molecule has 0 aliphatic heterocycles. The molecule has 0 bridgehead atoms. The lowest BCUT2D eigenvalue weighted by molar-refractivity contribution is 0.953. The number of benzene rings is 9. The topological polar surface area (TPSA) is 48.5 Å². The molecule has 0 aliphatic carbocycles. The fourth-order valence-corrected chi connectivity index (χ4v) is 14.6. The van der Waals surface area contributed by atoms with Crippen LogP contribution < -0.4 is 20.7 Å². The number of nitrogens with zero attached hydrogens (tertiary/aromatic N) is 5. The summed E-state index contributed by atoms with van der Waals surface area (Å²) in [5.74, 6) is 1.78. The van der Waals surface area contributed by atoms with E-state index < -0.39 is 8.07 Å². The van der Waals surface area contributed by atoms with E-state index in [1.165, 1.54) is 31.5 Å². The van der Waals surface area contributed by atoms with Crippen LogP contribution in [0.1, 0.15) is 0 Å². The van der Waals surface area contributed by atoms with Gasteiger partial charge in [-0.15, -0.1) is 0 Å². The Morgan fingerprint density at radius 1 is 0.286 bits per heavy atom. The molecule has 12 aromatic rings. The molecule has 0 spiro atoms. The van der Waals surface area contributed by atoms with E-state index in [0.717, 1.165) is 49.7 Å². The summed E-state index contributed by atoms with van der Waals surface area (Å²) in [6.07, 6.45) is 0. The molecule has 3 heterocycles. The Morgan fingerprint density at radius 2 is 0.651 bits per heavy atom. The van der Waals surface area contributed by atoms with E-state index in [-0.39, 0.29) is 0 Å². The highest BCUT2D eigenvalue weighted by Gasteiger charge is 2.41. The molecule has 0 saturated heterocycles. The molecule has 5 nitrogen and oxygen atoms in total. The molecule has 0 unspecified atom stereocenters. The summed E-state index contributed by atoms with van der Waals surface area (Å²) in [5.41, 5.74) is 7.25. The zero-order valence-electron chi connectivity index (χ0n) is 34.3. The van der Waals surface area contributed by atoms with Gasteiger partial charge in [-0.05, 0) is 57.1 Å². The molecule has 3 aromatic heterocycles. The van der Waals surface area contributed by atoms with Gasteiger partial charge in [0.25, 0.3) is 0 Å². The first kappa shape index (κ1) is 36.6. The van der Waals surface area contributed by atoms with Gasteiger partial charge in [-0.2, -0.15) is 9.97 Å². The number of hydrogen-bond acceptors (Lipinski definition) is 3. The summed E-state index contributed by atoms with van der Waals surface area (Å²) in [5, 5.41) is 9.91. The molecular formula is C57H39N5Si. The van der Waals surface area contributed by atoms with Crippen LogP contribution in [0.4, 0.5) is 0 Å². The molecule has 9 aromatic carbocycles. The summed E-state index contributed by atoms with van der Waals surface area (Å²) in [7, 11) is -2.84. The molecule has 0 saturated carbocycles. The van der Waals surface area contributed by atoms with Gasteiger partial charge in [0.15, 0.2) is 19.7 Å². The zero-order valence-corrected chi connectivity index (χ0v) is 35.3. The van der Waals surface area contributed by atoms with Crippen molar-refractivity contribution in [2.75, 3.05) is 0 Å². The fraction of sp³-hybridized carbons (Fsp3) is 0. The molecule has 0 amide bonds. The first-order chi connectivity index (χ1) is 31.3. The summed E-state index contributed by atoms with van der Waals surface area (Å²) in [6.45, 7) is 0. The summed E-state index contributed by atoms with van der Waals surface area (Å²) < 4.78 is 4.53. The van der Waals surface area contributed by atoms with Crippen molar-refractivity contribution >= 4 is 72.4 Å². The summed E-state index contributed by atoms with van der Waals surface area (Å²) in [6, 6.07) is 84.9. The SMILES string of the molecule is c1ccc([Si](c2ccccc2)(c2ccccc2)c2cccc(-c3nc(-c4cccc(-n5c6ccccc6c6ccccc65)c4)nc(-n4c5ccccc5c5ccccc54)n3)c2)cc1. The minimum atomic E-state index is -2.84. The molecule has 0 fully saturated rings. The molecule has 0 radical (unpaired) electrons. The van der Waals surface area contributed by atoms with Crippen LogP contribution in [0.5, 0.6) is 0 Å². The van der Waals surface area contributed by atoms with Crippen molar-refractivity contribution < 1.29 is 0 Å². The Bertz CT molecular complexity index is 3430. The maximum absolute atomic E-state index is 5.42. The molecule has 296 valence electrons. The van der Waals surface area contributed by atoms with E-state index >= 15 is 0 Å². The van der Waals surface area contributed by atoms with Crippen LogP contribution in [0.3, 0.4) is 0 Å². The van der Waals surface area contributed by atoms with Gasteiger partial charge < -0.3 is 4.57 Å². The zero-order chi connectivity index (χ0) is 41.7. The Hall–Kier alpha value is -8.19. The van der Waals surface area contributed by atoms with E-state index in [4.69, 9.17) is 15.0 Å². The van der Waals surface area contributed by atoms with Gasteiger partial charge in [0.1, 0.15) is 0 Å². The Morgan fingerprint density at radius 3 is 1.11 bits per heavy atom. The van der Waals surface area contributed by atoms with Crippen molar-refractivity contribution in [3.63, 3.8) is 0 Å². The number of hydrogen-bond donors (Lipinski definition) is 0. The lowest BCUT2D eigenvalue weighted by Gasteiger charge is -2.34. The van der Waals surface area contributed by atoms with Crippen LogP contribution in [0.25, 0.3) is 78.0 Å². The van der Waals surface area contributed by atoms with E-state index in [9.17, 15) is 0 Å². The van der Waals surface area contributed by atoms with Crippen molar-refractivity contribution in [3.8, 4) is 34.4 Å². The molecule has 63 heavy (non-hydrogen) atoms. The van der Waals surface area contributed by atoms with Gasteiger partial charge in [-0.1, -0.05) is 200 Å². The van der Waals surface area contributed by atoms with Gasteiger partial charge in [0.05, 0.1) is 22.1 Å². The molecular weight excluding hydrogens is 783 g/mol. The van der Waals surface area contributed by atoms with Crippen molar-refractivity contribution in [1.82, 2.24) is 24.1 Å². The lowest BCUT2D eigenvalue weighted by atomic mass is 10.1. The van der Waals surface area contributed by atoms with Gasteiger partial charge in [-0.25, -0.2) is 4.98 Å². The van der Waals surface area contributed by atoms with Crippen molar-refractivity contribution in [3.05, 3.63) is 237 Å². The third-order valence-electron chi connectivity index (χ3n) is 12.5. The first-order valence-electron chi connectivity index (χ1n) is 21.4. The number of rotatable bonds is 8. The minimum absolute atomic E-state index is 0.567. The second-order valence-corrected chi connectivity index (χ2v) is 19.8. The number of fused-ring (bicyclic) bond motifs is 6. The minimum Gasteiger partial charge on any atom is -0.309 e. The fourth-order valence-electron chi connectivity index (χ4n) is 9.80. The maximum Gasteiger partial charge on any atom is 0.238 e. The van der Waals surface area contributed by atoms with Crippen LogP contribution in [0.15, 0.2) is 237 Å². The lowest BCUT2D eigenvalue weighted by Crippen LogP contribution is -2.74. The quantitative estimate of drug-likeness (QED) is 0.113. The second-order valence-electron chi connectivity index (χ2n) is 16.0. The Kier molecular flexibility index (Phi) is 8.76. The van der Waals surface area contributed by atoms with Crippen LogP contribution in [0, 0.1) is 0 Å². The van der Waals surface area contributed by atoms with Crippen LogP contribution >= 0.6 is 0 Å². The van der Waals surface area contributed by atoms with Crippen molar-refractivity contribution in [1.29, 1.82) is 0 Å². The maximum atomic E-state index is 5.42. The summed E-state index contributed by atoms with van der Waals surface area (Å²) >= 11 is 0. The van der Waals surface area contributed by atoms with Crippen LogP contribution in [0.2, 0.25) is 0 Å². The van der Waals surface area contributed by atoms with E-state index in [1.54, 1.807) is 0 Å². The Balaban J connectivity index is 1.11. The molecule has 0 atom stereocenters. The molecule has 0 aliphatic rings. The molecule has 6 heteroatoms. The van der Waals surface area contributed by atoms with E-state index in [1.807, 2.05) is 0 Å². The van der Waals surface area contributed by atoms with Gasteiger partial charge in [0.2, 0.25) is 5.95 Å².